The number of rotatable bonds is 4. The number of amides is 1. The fraction of sp³-hybridized carbons (Fsp3) is 0.357. The molecule has 100 valence electrons. The number of carbonyl (C=O) groups excluding carboxylic acids is 1. The molecule has 0 N–H and O–H groups in total. The number of aryl methyl sites for hydroxylation is 1. The Morgan fingerprint density at radius 3 is 2.47 bits per heavy atom. The Kier molecular flexibility index (Phi) is 4.27. The van der Waals surface area contributed by atoms with E-state index >= 15 is 0 Å². The van der Waals surface area contributed by atoms with E-state index in [-0.39, 0.29) is 5.91 Å². The first-order valence-electron chi connectivity index (χ1n) is 6.34. The van der Waals surface area contributed by atoms with Crippen molar-refractivity contribution in [2.75, 3.05) is 13.1 Å². The molecule has 19 heavy (non-hydrogen) atoms. The van der Waals surface area contributed by atoms with E-state index in [1.165, 1.54) is 11.3 Å². The van der Waals surface area contributed by atoms with Gasteiger partial charge in [0.25, 0.3) is 5.91 Å². The normalized spacial score (nSPS) is 10.5. The topological polar surface area (TPSA) is 46.1 Å². The highest BCUT2D eigenvalue weighted by Crippen LogP contribution is 2.30. The van der Waals surface area contributed by atoms with E-state index in [1.807, 2.05) is 32.9 Å². The fourth-order valence-electron chi connectivity index (χ4n) is 1.91. The van der Waals surface area contributed by atoms with E-state index in [0.717, 1.165) is 16.1 Å². The molecule has 0 unspecified atom stereocenters. The maximum atomic E-state index is 12.3. The van der Waals surface area contributed by atoms with Crippen molar-refractivity contribution in [3.63, 3.8) is 0 Å². The Morgan fingerprint density at radius 1 is 1.26 bits per heavy atom. The number of hydrogen-bond donors (Lipinski definition) is 0. The van der Waals surface area contributed by atoms with Crippen molar-refractivity contribution >= 4 is 17.2 Å². The summed E-state index contributed by atoms with van der Waals surface area (Å²) in [6, 6.07) is 3.87. The molecule has 1 amide bonds. The van der Waals surface area contributed by atoms with E-state index < -0.39 is 0 Å². The third-order valence-corrected chi connectivity index (χ3v) is 4.17. The average Bonchev–Trinajstić information content (AvgIpc) is 2.83. The van der Waals surface area contributed by atoms with Gasteiger partial charge in [0.15, 0.2) is 5.01 Å². The molecule has 0 aromatic carbocycles. The molecular weight excluding hydrogens is 258 g/mol. The van der Waals surface area contributed by atoms with Crippen molar-refractivity contribution in [1.29, 1.82) is 0 Å². The van der Waals surface area contributed by atoms with Gasteiger partial charge >= 0.3 is 0 Å². The Morgan fingerprint density at radius 2 is 1.89 bits per heavy atom. The summed E-state index contributed by atoms with van der Waals surface area (Å²) in [7, 11) is 0. The van der Waals surface area contributed by atoms with Gasteiger partial charge in [-0.3, -0.25) is 9.78 Å². The minimum Gasteiger partial charge on any atom is -0.337 e. The summed E-state index contributed by atoms with van der Waals surface area (Å²) in [4.78, 5) is 23.5. The number of pyridine rings is 1. The maximum Gasteiger partial charge on any atom is 0.282 e. The summed E-state index contributed by atoms with van der Waals surface area (Å²) in [5, 5.41) is 0.563. The highest BCUT2D eigenvalue weighted by atomic mass is 32.1. The zero-order chi connectivity index (χ0) is 13.8. The number of nitrogens with zero attached hydrogens (tertiary/aromatic N) is 3. The minimum absolute atomic E-state index is 0.0124. The lowest BCUT2D eigenvalue weighted by Gasteiger charge is -2.16. The molecule has 5 heteroatoms. The minimum atomic E-state index is 0.0124. The Bertz CT molecular complexity index is 561. The second kappa shape index (κ2) is 5.93. The second-order valence-corrected chi connectivity index (χ2v) is 5.15. The van der Waals surface area contributed by atoms with Gasteiger partial charge in [0.1, 0.15) is 0 Å². The third kappa shape index (κ3) is 2.81. The van der Waals surface area contributed by atoms with Crippen LogP contribution in [0.25, 0.3) is 10.4 Å². The van der Waals surface area contributed by atoms with Crippen LogP contribution in [0.5, 0.6) is 0 Å². The summed E-state index contributed by atoms with van der Waals surface area (Å²) >= 11 is 1.45. The lowest BCUT2D eigenvalue weighted by molar-refractivity contribution is 0.0772. The van der Waals surface area contributed by atoms with Crippen LogP contribution in [0.15, 0.2) is 24.5 Å². The van der Waals surface area contributed by atoms with Crippen molar-refractivity contribution in [3.05, 3.63) is 35.2 Å². The fourth-order valence-corrected chi connectivity index (χ4v) is 2.94. The van der Waals surface area contributed by atoms with Gasteiger partial charge in [0.05, 0.1) is 10.6 Å². The van der Waals surface area contributed by atoms with Crippen LogP contribution in [-0.2, 0) is 0 Å². The molecule has 0 aliphatic carbocycles. The maximum absolute atomic E-state index is 12.3. The quantitative estimate of drug-likeness (QED) is 0.861. The van der Waals surface area contributed by atoms with Crippen LogP contribution in [0, 0.1) is 6.92 Å². The van der Waals surface area contributed by atoms with Gasteiger partial charge in [0.2, 0.25) is 0 Å². The zero-order valence-electron chi connectivity index (χ0n) is 11.4. The molecule has 0 atom stereocenters. The summed E-state index contributed by atoms with van der Waals surface area (Å²) in [5.41, 5.74) is 1.95. The predicted molar refractivity (Wildman–Crippen MR) is 77.3 cm³/mol. The van der Waals surface area contributed by atoms with Gasteiger partial charge in [-0.1, -0.05) is 0 Å². The summed E-state index contributed by atoms with van der Waals surface area (Å²) in [6.45, 7) is 7.31. The highest BCUT2D eigenvalue weighted by molar-refractivity contribution is 7.17. The van der Waals surface area contributed by atoms with Gasteiger partial charge in [-0.05, 0) is 38.5 Å². The summed E-state index contributed by atoms with van der Waals surface area (Å²) in [5.74, 6) is 0.0124. The van der Waals surface area contributed by atoms with Gasteiger partial charge < -0.3 is 4.90 Å². The van der Waals surface area contributed by atoms with Crippen molar-refractivity contribution < 1.29 is 4.79 Å². The van der Waals surface area contributed by atoms with Crippen LogP contribution in [-0.4, -0.2) is 33.9 Å². The molecule has 0 bridgehead atoms. The van der Waals surface area contributed by atoms with Crippen LogP contribution < -0.4 is 0 Å². The molecule has 2 aromatic rings. The molecule has 0 saturated heterocycles. The van der Waals surface area contributed by atoms with Crippen LogP contribution in [0.1, 0.15) is 29.3 Å². The molecule has 0 saturated carbocycles. The number of hydrogen-bond acceptors (Lipinski definition) is 4. The molecular formula is C14H17N3OS. The van der Waals surface area contributed by atoms with Crippen LogP contribution in [0.3, 0.4) is 0 Å². The van der Waals surface area contributed by atoms with E-state index in [2.05, 4.69) is 9.97 Å². The van der Waals surface area contributed by atoms with Crippen molar-refractivity contribution in [2.45, 2.75) is 20.8 Å². The summed E-state index contributed by atoms with van der Waals surface area (Å²) in [6.07, 6.45) is 3.50. The number of carbonyl (C=O) groups is 1. The van der Waals surface area contributed by atoms with E-state index in [1.54, 1.807) is 17.3 Å². The molecule has 4 nitrogen and oxygen atoms in total. The van der Waals surface area contributed by atoms with Gasteiger partial charge in [0, 0.05) is 25.5 Å². The molecule has 0 radical (unpaired) electrons. The smallest absolute Gasteiger partial charge is 0.282 e. The largest absolute Gasteiger partial charge is 0.337 e. The molecule has 0 aliphatic heterocycles. The molecule has 2 aromatic heterocycles. The van der Waals surface area contributed by atoms with Gasteiger partial charge in [-0.25, -0.2) is 4.98 Å². The first-order valence-corrected chi connectivity index (χ1v) is 7.16. The number of thiazole rings is 1. The monoisotopic (exact) mass is 275 g/mol. The van der Waals surface area contributed by atoms with E-state index in [4.69, 9.17) is 0 Å². The molecule has 0 spiro atoms. The first-order chi connectivity index (χ1) is 9.17. The summed E-state index contributed by atoms with van der Waals surface area (Å²) < 4.78 is 0. The van der Waals surface area contributed by atoms with Gasteiger partial charge in [-0.2, -0.15) is 0 Å². The molecule has 0 aliphatic rings. The Labute approximate surface area is 117 Å². The number of aromatic nitrogens is 2. The lowest BCUT2D eigenvalue weighted by Crippen LogP contribution is -2.30. The highest BCUT2D eigenvalue weighted by Gasteiger charge is 2.19. The van der Waals surface area contributed by atoms with Crippen molar-refractivity contribution in [3.8, 4) is 10.4 Å². The van der Waals surface area contributed by atoms with Crippen molar-refractivity contribution in [1.82, 2.24) is 14.9 Å². The van der Waals surface area contributed by atoms with Crippen LogP contribution >= 0.6 is 11.3 Å². The third-order valence-electron chi connectivity index (χ3n) is 2.97. The standard InChI is InChI=1S/C14H17N3OS/c1-4-17(5-2)14(18)13-16-10(3)12(19-13)11-6-8-15-9-7-11/h6-9H,4-5H2,1-3H3. The predicted octanol–water partition coefficient (Wildman–Crippen LogP) is 3.00. The lowest BCUT2D eigenvalue weighted by atomic mass is 10.2. The van der Waals surface area contributed by atoms with Gasteiger partial charge in [-0.15, -0.1) is 11.3 Å². The molecule has 2 rings (SSSR count). The van der Waals surface area contributed by atoms with Crippen LogP contribution in [0.4, 0.5) is 0 Å². The Balaban J connectivity index is 2.34. The van der Waals surface area contributed by atoms with E-state index in [9.17, 15) is 4.79 Å². The zero-order valence-corrected chi connectivity index (χ0v) is 12.2. The molecule has 0 fully saturated rings. The Hall–Kier alpha value is -1.75. The van der Waals surface area contributed by atoms with Crippen molar-refractivity contribution in [2.24, 2.45) is 0 Å². The second-order valence-electron chi connectivity index (χ2n) is 4.15. The van der Waals surface area contributed by atoms with E-state index in [0.29, 0.717) is 18.1 Å². The van der Waals surface area contributed by atoms with Crippen LogP contribution in [0.2, 0.25) is 0 Å². The first kappa shape index (κ1) is 13.7. The SMILES string of the molecule is CCN(CC)C(=O)c1nc(C)c(-c2ccncc2)s1. The average molecular weight is 275 g/mol. The molecule has 2 heterocycles.